The topological polar surface area (TPSA) is 112 Å². The molecular formula is C21H12N8S. The molecule has 5 aromatic heterocycles. The number of aromatic nitrogens is 8. The summed E-state index contributed by atoms with van der Waals surface area (Å²) in [5, 5.41) is 7.30. The van der Waals surface area contributed by atoms with E-state index in [9.17, 15) is 0 Å². The minimum atomic E-state index is 0.624. The van der Waals surface area contributed by atoms with Crippen LogP contribution in [0, 0.1) is 0 Å². The molecular weight excluding hydrogens is 396 g/mol. The van der Waals surface area contributed by atoms with Crippen molar-refractivity contribution in [2.75, 3.05) is 0 Å². The first kappa shape index (κ1) is 15.8. The fourth-order valence-corrected chi connectivity index (χ4v) is 4.72. The Morgan fingerprint density at radius 1 is 0.833 bits per heavy atom. The van der Waals surface area contributed by atoms with E-state index in [1.165, 1.54) is 0 Å². The standard InChI is InChI=1S/C21H12N8S/c1-2-17-25-11-5-10(7-22-8-11)14-6-12-15(9-24-14)28-29-18(12)21-26-13-3-4-23-20(16(1)30-17)19(13)27-21/h1-9,25,28-29H. The summed E-state index contributed by atoms with van der Waals surface area (Å²) in [7, 11) is 0. The quantitative estimate of drug-likeness (QED) is 0.337. The van der Waals surface area contributed by atoms with Crippen molar-refractivity contribution in [3.63, 3.8) is 0 Å². The third-order valence-corrected chi connectivity index (χ3v) is 6.21. The number of rotatable bonds is 0. The molecule has 2 aliphatic rings. The van der Waals surface area contributed by atoms with E-state index in [1.54, 1.807) is 17.5 Å². The predicted octanol–water partition coefficient (Wildman–Crippen LogP) is 4.70. The number of imidazole rings is 1. The molecule has 2 aliphatic heterocycles. The van der Waals surface area contributed by atoms with Crippen LogP contribution in [0.15, 0.2) is 55.1 Å². The second-order valence-electron chi connectivity index (χ2n) is 7.07. The van der Waals surface area contributed by atoms with Crippen LogP contribution in [0.2, 0.25) is 0 Å². The van der Waals surface area contributed by atoms with Gasteiger partial charge in [0, 0.05) is 23.3 Å². The molecule has 0 saturated carbocycles. The van der Waals surface area contributed by atoms with Gasteiger partial charge in [0.2, 0.25) is 0 Å². The number of fused-ring (bicyclic) bond motifs is 9. The van der Waals surface area contributed by atoms with Gasteiger partial charge in [-0.2, -0.15) is 0 Å². The molecule has 30 heavy (non-hydrogen) atoms. The van der Waals surface area contributed by atoms with Crippen LogP contribution in [0.4, 0.5) is 0 Å². The molecule has 0 amide bonds. The van der Waals surface area contributed by atoms with Crippen molar-refractivity contribution in [1.29, 1.82) is 0 Å². The molecule has 5 aromatic rings. The number of aromatic amines is 3. The van der Waals surface area contributed by atoms with Crippen LogP contribution in [0.5, 0.6) is 0 Å². The first-order valence-electron chi connectivity index (χ1n) is 9.34. The summed E-state index contributed by atoms with van der Waals surface area (Å²) in [5.74, 6) is 0. The van der Waals surface area contributed by atoms with Crippen molar-refractivity contribution < 1.29 is 0 Å². The molecule has 8 bridgehead atoms. The Morgan fingerprint density at radius 2 is 1.83 bits per heavy atom. The third kappa shape index (κ3) is 2.23. The van der Waals surface area contributed by atoms with E-state index in [4.69, 9.17) is 9.97 Å². The molecule has 8 nitrogen and oxygen atoms in total. The summed E-state index contributed by atoms with van der Waals surface area (Å²) in [5.41, 5.74) is 7.46. The van der Waals surface area contributed by atoms with Crippen LogP contribution in [-0.2, 0) is 0 Å². The van der Waals surface area contributed by atoms with Crippen molar-refractivity contribution >= 4 is 65.0 Å². The van der Waals surface area contributed by atoms with Gasteiger partial charge in [0.15, 0.2) is 5.65 Å². The maximum absolute atomic E-state index is 4.84. The van der Waals surface area contributed by atoms with Crippen molar-refractivity contribution in [2.24, 2.45) is 0 Å². The van der Waals surface area contributed by atoms with E-state index in [2.05, 4.69) is 36.2 Å². The van der Waals surface area contributed by atoms with Crippen molar-refractivity contribution in [3.05, 3.63) is 55.1 Å². The molecule has 7 heterocycles. The maximum Gasteiger partial charge on any atom is 0.179 e. The Bertz CT molecular complexity index is 1770. The van der Waals surface area contributed by atoms with Crippen LogP contribution < -0.4 is 0 Å². The highest BCUT2D eigenvalue weighted by molar-refractivity contribution is 7.23. The highest BCUT2D eigenvalue weighted by atomic mass is 32.1. The molecule has 0 radical (unpaired) electrons. The van der Waals surface area contributed by atoms with E-state index in [0.717, 1.165) is 59.3 Å². The lowest BCUT2D eigenvalue weighted by atomic mass is 10.1. The first-order valence-corrected chi connectivity index (χ1v) is 10.2. The summed E-state index contributed by atoms with van der Waals surface area (Å²) < 4.78 is 1.03. The molecule has 9 heteroatoms. The first-order chi connectivity index (χ1) is 14.8. The van der Waals surface area contributed by atoms with Crippen molar-refractivity contribution in [2.45, 2.75) is 0 Å². The molecule has 0 aliphatic carbocycles. The second kappa shape index (κ2) is 5.71. The van der Waals surface area contributed by atoms with Gasteiger partial charge >= 0.3 is 0 Å². The highest BCUT2D eigenvalue weighted by Crippen LogP contribution is 2.31. The summed E-state index contributed by atoms with van der Waals surface area (Å²) in [6.07, 6.45) is 7.21. The van der Waals surface area contributed by atoms with E-state index in [0.29, 0.717) is 5.65 Å². The van der Waals surface area contributed by atoms with Gasteiger partial charge in [0.05, 0.1) is 44.0 Å². The molecule has 142 valence electrons. The Balaban J connectivity index is 1.75. The van der Waals surface area contributed by atoms with Gasteiger partial charge in [-0.15, -0.1) is 11.3 Å². The zero-order valence-corrected chi connectivity index (χ0v) is 16.2. The van der Waals surface area contributed by atoms with Gasteiger partial charge in [0.1, 0.15) is 16.7 Å². The average Bonchev–Trinajstić information content (AvgIpc) is 3.50. The van der Waals surface area contributed by atoms with E-state index < -0.39 is 0 Å². The Kier molecular flexibility index (Phi) is 3.00. The number of hydrogen-bond donors (Lipinski definition) is 3. The minimum Gasteiger partial charge on any atom is -0.346 e. The van der Waals surface area contributed by atoms with Crippen LogP contribution in [-0.4, -0.2) is 40.1 Å². The SMILES string of the molecule is c1cc2nc3nc2c(n1)c1ccc([nH]c2cncc(c2)c2cc4c(cn2)[nH][nH]c3-4)s1. The van der Waals surface area contributed by atoms with Crippen molar-refractivity contribution in [1.82, 2.24) is 40.1 Å². The number of nitrogens with zero attached hydrogens (tertiary/aromatic N) is 5. The molecule has 0 atom stereocenters. The number of H-pyrrole nitrogens is 3. The lowest BCUT2D eigenvalue weighted by Crippen LogP contribution is -1.83. The molecule has 0 aromatic carbocycles. The maximum atomic E-state index is 4.84. The average molecular weight is 408 g/mol. The van der Waals surface area contributed by atoms with Crippen LogP contribution in [0.25, 0.3) is 64.9 Å². The zero-order valence-electron chi connectivity index (χ0n) is 15.3. The fourth-order valence-electron chi connectivity index (χ4n) is 3.80. The van der Waals surface area contributed by atoms with Gasteiger partial charge in [-0.3, -0.25) is 25.1 Å². The minimum absolute atomic E-state index is 0.624. The summed E-state index contributed by atoms with van der Waals surface area (Å²) in [6.45, 7) is 0. The van der Waals surface area contributed by atoms with Gasteiger partial charge in [0.25, 0.3) is 0 Å². The molecule has 0 spiro atoms. The molecule has 3 N–H and O–H groups in total. The summed E-state index contributed by atoms with van der Waals surface area (Å²) in [6, 6.07) is 10.1. The van der Waals surface area contributed by atoms with Gasteiger partial charge in [-0.1, -0.05) is 0 Å². The smallest absolute Gasteiger partial charge is 0.179 e. The Labute approximate surface area is 171 Å². The monoisotopic (exact) mass is 408 g/mol. The summed E-state index contributed by atoms with van der Waals surface area (Å²) >= 11 is 1.62. The lowest BCUT2D eigenvalue weighted by Gasteiger charge is -1.98. The van der Waals surface area contributed by atoms with Crippen LogP contribution in [0.3, 0.4) is 0 Å². The molecule has 0 unspecified atom stereocenters. The zero-order chi connectivity index (χ0) is 19.7. The van der Waals surface area contributed by atoms with Gasteiger partial charge in [-0.05, 0) is 30.3 Å². The van der Waals surface area contributed by atoms with Crippen molar-refractivity contribution in [3.8, 4) is 11.3 Å². The normalized spacial score (nSPS) is 12.0. The van der Waals surface area contributed by atoms with E-state index in [-0.39, 0.29) is 0 Å². The van der Waals surface area contributed by atoms with Gasteiger partial charge in [-0.25, -0.2) is 9.97 Å². The Morgan fingerprint density at radius 3 is 2.83 bits per heavy atom. The highest BCUT2D eigenvalue weighted by Gasteiger charge is 2.15. The number of pyridine rings is 3. The van der Waals surface area contributed by atoms with Gasteiger partial charge < -0.3 is 4.98 Å². The number of hydrogen-bond acceptors (Lipinski definition) is 6. The third-order valence-electron chi connectivity index (χ3n) is 5.21. The predicted molar refractivity (Wildman–Crippen MR) is 118 cm³/mol. The summed E-state index contributed by atoms with van der Waals surface area (Å²) in [4.78, 5) is 27.7. The van der Waals surface area contributed by atoms with E-state index in [1.807, 2.05) is 42.9 Å². The lowest BCUT2D eigenvalue weighted by molar-refractivity contribution is 1.12. The van der Waals surface area contributed by atoms with E-state index >= 15 is 0 Å². The van der Waals surface area contributed by atoms with Crippen LogP contribution >= 0.6 is 11.3 Å². The molecule has 0 saturated heterocycles. The number of nitrogens with one attached hydrogen (secondary N) is 3. The fraction of sp³-hybridized carbons (Fsp3) is 0. The molecule has 7 rings (SSSR count). The molecule has 0 fully saturated rings. The number of thiophene rings is 1. The van der Waals surface area contributed by atoms with Crippen LogP contribution in [0.1, 0.15) is 0 Å². The second-order valence-corrected chi connectivity index (χ2v) is 8.15. The largest absolute Gasteiger partial charge is 0.346 e. The Hall–Kier alpha value is -4.11.